The summed E-state index contributed by atoms with van der Waals surface area (Å²) < 4.78 is 5.19. The van der Waals surface area contributed by atoms with Crippen molar-refractivity contribution >= 4 is 34.8 Å². The Morgan fingerprint density at radius 3 is 2.85 bits per heavy atom. The number of aryl methyl sites for hydroxylation is 1. The number of rotatable bonds is 6. The van der Waals surface area contributed by atoms with E-state index in [1.165, 1.54) is 0 Å². The predicted octanol–water partition coefficient (Wildman–Crippen LogP) is 2.84. The SMILES string of the molecule is CCN(Cc1cccs1)C(=O)COC(=O)c1ccc2c(c1)CCC(=O)N2. The van der Waals surface area contributed by atoms with Gasteiger partial charge >= 0.3 is 5.97 Å². The van der Waals surface area contributed by atoms with Gasteiger partial charge in [-0.2, -0.15) is 0 Å². The number of thiophene rings is 1. The fourth-order valence-corrected chi connectivity index (χ4v) is 3.50. The Morgan fingerprint density at radius 1 is 1.27 bits per heavy atom. The average molecular weight is 372 g/mol. The lowest BCUT2D eigenvalue weighted by atomic mass is 10.0. The van der Waals surface area contributed by atoms with Gasteiger partial charge < -0.3 is 15.0 Å². The second kappa shape index (κ2) is 8.14. The van der Waals surface area contributed by atoms with Gasteiger partial charge in [-0.05, 0) is 48.6 Å². The molecule has 1 aromatic heterocycles. The maximum atomic E-state index is 12.3. The highest BCUT2D eigenvalue weighted by Crippen LogP contribution is 2.23. The molecule has 1 aliphatic rings. The molecule has 2 amide bonds. The van der Waals surface area contributed by atoms with E-state index in [9.17, 15) is 14.4 Å². The Bertz CT molecular complexity index is 817. The lowest BCUT2D eigenvalue weighted by Gasteiger charge is -2.20. The number of benzene rings is 1. The fraction of sp³-hybridized carbons (Fsp3) is 0.316. The molecule has 0 bridgehead atoms. The monoisotopic (exact) mass is 372 g/mol. The van der Waals surface area contributed by atoms with E-state index < -0.39 is 5.97 Å². The molecule has 0 atom stereocenters. The average Bonchev–Trinajstić information content (AvgIpc) is 3.16. The highest BCUT2D eigenvalue weighted by Gasteiger charge is 2.19. The number of nitrogens with one attached hydrogen (secondary N) is 1. The molecule has 0 saturated carbocycles. The van der Waals surface area contributed by atoms with Gasteiger partial charge in [0, 0.05) is 23.5 Å². The number of carbonyl (C=O) groups excluding carboxylic acids is 3. The van der Waals surface area contributed by atoms with Crippen LogP contribution < -0.4 is 5.32 Å². The quantitative estimate of drug-likeness (QED) is 0.791. The summed E-state index contributed by atoms with van der Waals surface area (Å²) in [4.78, 5) is 38.7. The first-order chi connectivity index (χ1) is 12.6. The molecule has 2 heterocycles. The molecule has 0 aliphatic carbocycles. The molecule has 1 N–H and O–H groups in total. The van der Waals surface area contributed by atoms with Crippen molar-refractivity contribution in [2.75, 3.05) is 18.5 Å². The third-order valence-corrected chi connectivity index (χ3v) is 5.09. The van der Waals surface area contributed by atoms with Gasteiger partial charge in [-0.1, -0.05) is 6.07 Å². The lowest BCUT2D eigenvalue weighted by molar-refractivity contribution is -0.134. The van der Waals surface area contributed by atoms with Crippen LogP contribution in [0.1, 0.15) is 34.1 Å². The normalized spacial score (nSPS) is 12.9. The second-order valence-corrected chi connectivity index (χ2v) is 7.02. The number of amides is 2. The number of fused-ring (bicyclic) bond motifs is 1. The van der Waals surface area contributed by atoms with Crippen molar-refractivity contribution in [2.24, 2.45) is 0 Å². The smallest absolute Gasteiger partial charge is 0.338 e. The van der Waals surface area contributed by atoms with Gasteiger partial charge in [-0.3, -0.25) is 9.59 Å². The van der Waals surface area contributed by atoms with E-state index in [1.54, 1.807) is 34.4 Å². The number of ether oxygens (including phenoxy) is 1. The van der Waals surface area contributed by atoms with Crippen molar-refractivity contribution < 1.29 is 19.1 Å². The van der Waals surface area contributed by atoms with Crippen LogP contribution in [0.4, 0.5) is 5.69 Å². The Morgan fingerprint density at radius 2 is 2.12 bits per heavy atom. The number of likely N-dealkylation sites (N-methyl/N-ethyl adjacent to an activating group) is 1. The molecule has 7 heteroatoms. The van der Waals surface area contributed by atoms with Crippen LogP contribution in [0.15, 0.2) is 35.7 Å². The zero-order valence-electron chi connectivity index (χ0n) is 14.5. The molecule has 0 saturated heterocycles. The maximum Gasteiger partial charge on any atom is 0.338 e. The largest absolute Gasteiger partial charge is 0.452 e. The van der Waals surface area contributed by atoms with Crippen molar-refractivity contribution in [3.05, 3.63) is 51.7 Å². The molecule has 0 fully saturated rings. The van der Waals surface area contributed by atoms with Crippen LogP contribution in [0.25, 0.3) is 0 Å². The predicted molar refractivity (Wildman–Crippen MR) is 99.1 cm³/mol. The number of esters is 1. The number of anilines is 1. The standard InChI is InChI=1S/C19H20N2O4S/c1-2-21(11-15-4-3-9-26-15)18(23)12-25-19(24)14-5-7-16-13(10-14)6-8-17(22)20-16/h3-5,7,9-10H,2,6,8,11-12H2,1H3,(H,20,22). The first-order valence-electron chi connectivity index (χ1n) is 8.47. The van der Waals surface area contributed by atoms with Gasteiger partial charge in [0.1, 0.15) is 0 Å². The Labute approximate surface area is 155 Å². The van der Waals surface area contributed by atoms with Gasteiger partial charge in [-0.15, -0.1) is 11.3 Å². The van der Waals surface area contributed by atoms with Crippen LogP contribution in [0, 0.1) is 0 Å². The third kappa shape index (κ3) is 4.29. The van der Waals surface area contributed by atoms with Crippen LogP contribution in [-0.4, -0.2) is 35.8 Å². The third-order valence-electron chi connectivity index (χ3n) is 4.22. The Hall–Kier alpha value is -2.67. The summed E-state index contributed by atoms with van der Waals surface area (Å²) in [5, 5.41) is 4.73. The molecule has 136 valence electrons. The minimum Gasteiger partial charge on any atom is -0.452 e. The van der Waals surface area contributed by atoms with Crippen molar-refractivity contribution in [3.8, 4) is 0 Å². The number of hydrogen-bond acceptors (Lipinski definition) is 5. The van der Waals surface area contributed by atoms with Crippen molar-refractivity contribution in [3.63, 3.8) is 0 Å². The second-order valence-electron chi connectivity index (χ2n) is 5.98. The van der Waals surface area contributed by atoms with Crippen molar-refractivity contribution in [2.45, 2.75) is 26.3 Å². The molecule has 6 nitrogen and oxygen atoms in total. The first-order valence-corrected chi connectivity index (χ1v) is 9.35. The van der Waals surface area contributed by atoms with Gasteiger partial charge in [-0.25, -0.2) is 4.79 Å². The summed E-state index contributed by atoms with van der Waals surface area (Å²) in [7, 11) is 0. The zero-order chi connectivity index (χ0) is 18.5. The van der Waals surface area contributed by atoms with Crippen molar-refractivity contribution in [1.82, 2.24) is 4.90 Å². The van der Waals surface area contributed by atoms with Gasteiger partial charge in [0.2, 0.25) is 5.91 Å². The van der Waals surface area contributed by atoms with E-state index in [0.29, 0.717) is 31.5 Å². The van der Waals surface area contributed by atoms with Crippen LogP contribution in [0.3, 0.4) is 0 Å². The fourth-order valence-electron chi connectivity index (χ4n) is 2.78. The van der Waals surface area contributed by atoms with Crippen LogP contribution >= 0.6 is 11.3 Å². The summed E-state index contributed by atoms with van der Waals surface area (Å²) in [5.74, 6) is -0.784. The van der Waals surface area contributed by atoms with E-state index >= 15 is 0 Å². The van der Waals surface area contributed by atoms with E-state index in [4.69, 9.17) is 4.74 Å². The Kier molecular flexibility index (Phi) is 5.68. The maximum absolute atomic E-state index is 12.3. The van der Waals surface area contributed by atoms with Crippen molar-refractivity contribution in [1.29, 1.82) is 0 Å². The molecule has 2 aromatic rings. The molecule has 0 radical (unpaired) electrons. The summed E-state index contributed by atoms with van der Waals surface area (Å²) >= 11 is 1.59. The molecule has 0 spiro atoms. The van der Waals surface area contributed by atoms with E-state index in [-0.39, 0.29) is 18.4 Å². The molecule has 3 rings (SSSR count). The lowest BCUT2D eigenvalue weighted by Crippen LogP contribution is -2.33. The van der Waals surface area contributed by atoms with Gasteiger partial charge in [0.25, 0.3) is 5.91 Å². The summed E-state index contributed by atoms with van der Waals surface area (Å²) in [6.07, 6.45) is 0.990. The van der Waals surface area contributed by atoms with Crippen LogP contribution in [0.5, 0.6) is 0 Å². The number of nitrogens with zero attached hydrogens (tertiary/aromatic N) is 1. The van der Waals surface area contributed by atoms with Gasteiger partial charge in [0.15, 0.2) is 6.61 Å². The molecule has 1 aliphatic heterocycles. The van der Waals surface area contributed by atoms with Crippen LogP contribution in [-0.2, 0) is 27.3 Å². The topological polar surface area (TPSA) is 75.7 Å². The molecular formula is C19H20N2O4S. The Balaban J connectivity index is 1.57. The number of hydrogen-bond donors (Lipinski definition) is 1. The molecular weight excluding hydrogens is 352 g/mol. The molecule has 26 heavy (non-hydrogen) atoms. The molecule has 1 aromatic carbocycles. The van der Waals surface area contributed by atoms with Crippen LogP contribution in [0.2, 0.25) is 0 Å². The summed E-state index contributed by atoms with van der Waals surface area (Å²) in [5.41, 5.74) is 2.01. The van der Waals surface area contributed by atoms with E-state index in [1.807, 2.05) is 24.4 Å². The van der Waals surface area contributed by atoms with E-state index in [0.717, 1.165) is 16.1 Å². The highest BCUT2D eigenvalue weighted by molar-refractivity contribution is 7.09. The summed E-state index contributed by atoms with van der Waals surface area (Å²) in [6, 6.07) is 8.92. The van der Waals surface area contributed by atoms with Gasteiger partial charge in [0.05, 0.1) is 12.1 Å². The molecule has 0 unspecified atom stereocenters. The van der Waals surface area contributed by atoms with E-state index in [2.05, 4.69) is 5.32 Å². The number of carbonyl (C=O) groups is 3. The highest BCUT2D eigenvalue weighted by atomic mass is 32.1. The minimum atomic E-state index is -0.537. The zero-order valence-corrected chi connectivity index (χ0v) is 15.3. The minimum absolute atomic E-state index is 0.0242. The first kappa shape index (κ1) is 18.1. The summed E-state index contributed by atoms with van der Waals surface area (Å²) in [6.45, 7) is 2.67.